The monoisotopic (exact) mass is 369 g/mol. The average Bonchev–Trinajstić information content (AvgIpc) is 2.96. The van der Waals surface area contributed by atoms with Gasteiger partial charge in [0.1, 0.15) is 11.5 Å². The Balaban J connectivity index is 1.89. The van der Waals surface area contributed by atoms with Gasteiger partial charge >= 0.3 is 0 Å². The number of thioether (sulfide) groups is 1. The highest BCUT2D eigenvalue weighted by Gasteiger charge is 2.37. The Kier molecular flexibility index (Phi) is 5.32. The molecule has 1 aliphatic heterocycles. The molecule has 2 amide bonds. The van der Waals surface area contributed by atoms with Gasteiger partial charge in [-0.15, -0.1) is 0 Å². The first-order valence-electron chi connectivity index (χ1n) is 8.19. The van der Waals surface area contributed by atoms with E-state index in [1.165, 1.54) is 4.90 Å². The largest absolute Gasteiger partial charge is 0.497 e. The molecular formula is C20H19NO4S. The Bertz CT molecular complexity index is 856. The number of imide groups is 1. The Morgan fingerprint density at radius 2 is 1.62 bits per heavy atom. The number of anilines is 1. The van der Waals surface area contributed by atoms with Crippen molar-refractivity contribution >= 4 is 34.2 Å². The van der Waals surface area contributed by atoms with Crippen molar-refractivity contribution in [3.8, 4) is 11.5 Å². The van der Waals surface area contributed by atoms with Gasteiger partial charge in [0.25, 0.3) is 11.1 Å². The summed E-state index contributed by atoms with van der Waals surface area (Å²) in [7, 11) is 1.60. The number of carbonyl (C=O) groups excluding carboxylic acids is 2. The molecule has 1 heterocycles. The van der Waals surface area contributed by atoms with Crippen molar-refractivity contribution in [3.63, 3.8) is 0 Å². The Hall–Kier alpha value is -2.73. The van der Waals surface area contributed by atoms with Crippen molar-refractivity contribution < 1.29 is 19.1 Å². The third kappa shape index (κ3) is 3.46. The predicted molar refractivity (Wildman–Crippen MR) is 104 cm³/mol. The summed E-state index contributed by atoms with van der Waals surface area (Å²) in [5.74, 6) is 1.13. The van der Waals surface area contributed by atoms with E-state index in [2.05, 4.69) is 0 Å². The topological polar surface area (TPSA) is 55.8 Å². The van der Waals surface area contributed by atoms with Crippen LogP contribution < -0.4 is 14.4 Å². The molecule has 26 heavy (non-hydrogen) atoms. The summed E-state index contributed by atoms with van der Waals surface area (Å²) in [6.45, 7) is 4.30. The number of benzene rings is 2. The van der Waals surface area contributed by atoms with Crippen molar-refractivity contribution in [2.45, 2.75) is 13.8 Å². The quantitative estimate of drug-likeness (QED) is 0.714. The molecule has 3 rings (SSSR count). The first-order valence-corrected chi connectivity index (χ1v) is 9.01. The zero-order chi connectivity index (χ0) is 18.7. The SMILES string of the molecule is CCOc1ccc(N2C(=O)S/C(=C(/C)c3ccc(OC)cc3)C2=O)cc1. The van der Waals surface area contributed by atoms with E-state index in [1.807, 2.05) is 38.1 Å². The second kappa shape index (κ2) is 7.66. The van der Waals surface area contributed by atoms with Crippen LogP contribution in [0.5, 0.6) is 11.5 Å². The molecule has 6 heteroatoms. The maximum atomic E-state index is 12.8. The summed E-state index contributed by atoms with van der Waals surface area (Å²) in [6.07, 6.45) is 0. The van der Waals surface area contributed by atoms with Gasteiger partial charge in [0.2, 0.25) is 0 Å². The summed E-state index contributed by atoms with van der Waals surface area (Å²) in [4.78, 5) is 26.9. The van der Waals surface area contributed by atoms with Crippen LogP contribution in [0.1, 0.15) is 19.4 Å². The minimum atomic E-state index is -0.308. The smallest absolute Gasteiger partial charge is 0.298 e. The Morgan fingerprint density at radius 3 is 2.19 bits per heavy atom. The van der Waals surface area contributed by atoms with E-state index >= 15 is 0 Å². The van der Waals surface area contributed by atoms with Crippen LogP contribution in [0.3, 0.4) is 0 Å². The molecule has 134 valence electrons. The number of amides is 2. The summed E-state index contributed by atoms with van der Waals surface area (Å²) in [6, 6.07) is 14.3. The Labute approximate surface area is 156 Å². The van der Waals surface area contributed by atoms with Gasteiger partial charge in [-0.25, -0.2) is 4.90 Å². The van der Waals surface area contributed by atoms with Gasteiger partial charge in [-0.2, -0.15) is 0 Å². The number of rotatable bonds is 5. The van der Waals surface area contributed by atoms with E-state index in [4.69, 9.17) is 9.47 Å². The van der Waals surface area contributed by atoms with Gasteiger partial charge < -0.3 is 9.47 Å². The van der Waals surface area contributed by atoms with Crippen LogP contribution in [-0.2, 0) is 4.79 Å². The lowest BCUT2D eigenvalue weighted by Gasteiger charge is -2.13. The number of carbonyl (C=O) groups is 2. The second-order valence-electron chi connectivity index (χ2n) is 5.62. The summed E-state index contributed by atoms with van der Waals surface area (Å²) < 4.78 is 10.6. The molecule has 1 saturated heterocycles. The van der Waals surface area contributed by atoms with Crippen molar-refractivity contribution in [2.75, 3.05) is 18.6 Å². The number of ether oxygens (including phenoxy) is 2. The normalized spacial score (nSPS) is 16.0. The van der Waals surface area contributed by atoms with Gasteiger partial charge in [0, 0.05) is 0 Å². The molecule has 1 aliphatic rings. The van der Waals surface area contributed by atoms with Crippen LogP contribution in [0.15, 0.2) is 53.4 Å². The number of allylic oxidation sites excluding steroid dienone is 1. The van der Waals surface area contributed by atoms with Crippen molar-refractivity contribution in [1.82, 2.24) is 0 Å². The molecule has 0 unspecified atom stereocenters. The molecule has 0 spiro atoms. The molecule has 0 N–H and O–H groups in total. The van der Waals surface area contributed by atoms with Gasteiger partial charge in [-0.1, -0.05) is 12.1 Å². The van der Waals surface area contributed by atoms with Gasteiger partial charge in [-0.3, -0.25) is 9.59 Å². The van der Waals surface area contributed by atoms with Gasteiger partial charge in [0.15, 0.2) is 0 Å². The van der Waals surface area contributed by atoms with E-state index in [9.17, 15) is 9.59 Å². The second-order valence-corrected chi connectivity index (χ2v) is 6.58. The van der Waals surface area contributed by atoms with Crippen LogP contribution in [-0.4, -0.2) is 24.9 Å². The number of hydrogen-bond donors (Lipinski definition) is 0. The number of hydrogen-bond acceptors (Lipinski definition) is 5. The van der Waals surface area contributed by atoms with Gasteiger partial charge in [-0.05, 0) is 73.1 Å². The molecule has 0 radical (unpaired) electrons. The minimum absolute atomic E-state index is 0.304. The van der Waals surface area contributed by atoms with Crippen LogP contribution in [0.4, 0.5) is 10.5 Å². The first-order chi connectivity index (χ1) is 12.5. The van der Waals surface area contributed by atoms with Crippen LogP contribution in [0.2, 0.25) is 0 Å². The van der Waals surface area contributed by atoms with Gasteiger partial charge in [0.05, 0.1) is 24.3 Å². The molecule has 0 aromatic heterocycles. The molecule has 0 bridgehead atoms. The maximum absolute atomic E-state index is 12.8. The third-order valence-corrected chi connectivity index (χ3v) is 5.08. The molecule has 5 nitrogen and oxygen atoms in total. The molecule has 0 aliphatic carbocycles. The standard InChI is InChI=1S/C20H19NO4S/c1-4-25-17-11-7-15(8-12-17)21-19(22)18(26-20(21)23)13(2)14-5-9-16(24-3)10-6-14/h5-12H,4H2,1-3H3/b18-13-. The minimum Gasteiger partial charge on any atom is -0.497 e. The van der Waals surface area contributed by atoms with E-state index < -0.39 is 0 Å². The lowest BCUT2D eigenvalue weighted by atomic mass is 10.1. The lowest BCUT2D eigenvalue weighted by molar-refractivity contribution is -0.113. The van der Waals surface area contributed by atoms with E-state index in [-0.39, 0.29) is 11.1 Å². The van der Waals surface area contributed by atoms with Crippen LogP contribution in [0.25, 0.3) is 5.57 Å². The highest BCUT2D eigenvalue weighted by atomic mass is 32.2. The fraction of sp³-hybridized carbons (Fsp3) is 0.200. The fourth-order valence-electron chi connectivity index (χ4n) is 2.65. The third-order valence-electron chi connectivity index (χ3n) is 4.04. The molecule has 0 saturated carbocycles. The van der Waals surface area contributed by atoms with E-state index in [0.29, 0.717) is 22.9 Å². The van der Waals surface area contributed by atoms with Crippen molar-refractivity contribution in [1.29, 1.82) is 0 Å². The summed E-state index contributed by atoms with van der Waals surface area (Å²) >= 11 is 0.959. The van der Waals surface area contributed by atoms with Crippen molar-refractivity contribution in [3.05, 3.63) is 59.0 Å². The molecular weight excluding hydrogens is 350 g/mol. The van der Waals surface area contributed by atoms with Crippen LogP contribution >= 0.6 is 11.8 Å². The zero-order valence-electron chi connectivity index (χ0n) is 14.8. The number of methoxy groups -OCH3 is 1. The maximum Gasteiger partial charge on any atom is 0.298 e. The molecule has 0 atom stereocenters. The molecule has 2 aromatic carbocycles. The van der Waals surface area contributed by atoms with Crippen molar-refractivity contribution in [2.24, 2.45) is 0 Å². The highest BCUT2D eigenvalue weighted by molar-refractivity contribution is 8.19. The summed E-state index contributed by atoms with van der Waals surface area (Å²) in [5, 5.41) is -0.304. The van der Waals surface area contributed by atoms with E-state index in [0.717, 1.165) is 28.6 Å². The van der Waals surface area contributed by atoms with E-state index in [1.54, 1.807) is 31.4 Å². The Morgan fingerprint density at radius 1 is 1.00 bits per heavy atom. The predicted octanol–water partition coefficient (Wildman–Crippen LogP) is 4.72. The molecule has 1 fully saturated rings. The van der Waals surface area contributed by atoms with Crippen LogP contribution in [0, 0.1) is 0 Å². The average molecular weight is 369 g/mol. The highest BCUT2D eigenvalue weighted by Crippen LogP contribution is 2.39. The lowest BCUT2D eigenvalue weighted by Crippen LogP contribution is -2.27. The zero-order valence-corrected chi connectivity index (χ0v) is 15.6. The molecule has 2 aromatic rings. The number of nitrogens with zero attached hydrogens (tertiary/aromatic N) is 1. The summed E-state index contributed by atoms with van der Waals surface area (Å²) in [5.41, 5.74) is 2.18. The first kappa shape index (κ1) is 18.1. The fourth-order valence-corrected chi connectivity index (χ4v) is 3.55.